The lowest BCUT2D eigenvalue weighted by atomic mass is 10.0. The van der Waals surface area contributed by atoms with Crippen LogP contribution in [0.5, 0.6) is 0 Å². The maximum atomic E-state index is 11.1. The van der Waals surface area contributed by atoms with Crippen LogP contribution < -0.4 is 0 Å². The Morgan fingerprint density at radius 1 is 1.29 bits per heavy atom. The lowest BCUT2D eigenvalue weighted by molar-refractivity contribution is -0.117. The van der Waals surface area contributed by atoms with Gasteiger partial charge < -0.3 is 9.79 Å². The number of carbonyl (C=O) groups is 1. The molecule has 1 aliphatic rings. The molecule has 0 aromatic heterocycles. The zero-order valence-electron chi connectivity index (χ0n) is 7.21. The number of hydrogen-bond donors (Lipinski definition) is 2. The standard InChI is InChI=1S/C9H8NO3P/c11-8-5-6-3-1-2-4-7(6)9(10-8)14(12)13/h1-4,12-13H,5H2. The third kappa shape index (κ3) is 1.60. The number of rotatable bonds is 1. The van der Waals surface area contributed by atoms with E-state index in [9.17, 15) is 4.79 Å². The minimum atomic E-state index is -2.30. The van der Waals surface area contributed by atoms with Crippen LogP contribution in [0.15, 0.2) is 29.3 Å². The highest BCUT2D eigenvalue weighted by molar-refractivity contribution is 7.65. The molecule has 5 heteroatoms. The number of hydrogen-bond acceptors (Lipinski definition) is 3. The Morgan fingerprint density at radius 2 is 2.00 bits per heavy atom. The van der Waals surface area contributed by atoms with Crippen LogP contribution in [-0.4, -0.2) is 21.1 Å². The zero-order chi connectivity index (χ0) is 10.1. The second kappa shape index (κ2) is 3.58. The van der Waals surface area contributed by atoms with Crippen molar-refractivity contribution in [3.63, 3.8) is 0 Å². The van der Waals surface area contributed by atoms with Gasteiger partial charge in [-0.25, -0.2) is 4.99 Å². The van der Waals surface area contributed by atoms with Crippen molar-refractivity contribution in [2.24, 2.45) is 4.99 Å². The van der Waals surface area contributed by atoms with Crippen LogP contribution in [0.3, 0.4) is 0 Å². The zero-order valence-corrected chi connectivity index (χ0v) is 8.11. The van der Waals surface area contributed by atoms with Gasteiger partial charge in [0.05, 0.1) is 6.42 Å². The Kier molecular flexibility index (Phi) is 2.42. The SMILES string of the molecule is O=C1Cc2ccccc2C(P(O)O)=N1. The first-order valence-corrected chi connectivity index (χ1v) is 5.31. The summed E-state index contributed by atoms with van der Waals surface area (Å²) in [4.78, 5) is 32.9. The second-order valence-electron chi connectivity index (χ2n) is 2.95. The van der Waals surface area contributed by atoms with Gasteiger partial charge in [0.2, 0.25) is 8.38 Å². The van der Waals surface area contributed by atoms with E-state index >= 15 is 0 Å². The predicted octanol–water partition coefficient (Wildman–Crippen LogP) is 0.812. The van der Waals surface area contributed by atoms with E-state index in [1.54, 1.807) is 18.2 Å². The topological polar surface area (TPSA) is 69.9 Å². The second-order valence-corrected chi connectivity index (χ2v) is 3.96. The van der Waals surface area contributed by atoms with Crippen molar-refractivity contribution in [3.05, 3.63) is 35.4 Å². The molecule has 0 saturated carbocycles. The largest absolute Gasteiger partial charge is 0.345 e. The van der Waals surface area contributed by atoms with E-state index in [1.165, 1.54) is 0 Å². The third-order valence-electron chi connectivity index (χ3n) is 2.02. The van der Waals surface area contributed by atoms with Crippen molar-refractivity contribution in [3.8, 4) is 0 Å². The fourth-order valence-corrected chi connectivity index (χ4v) is 2.06. The van der Waals surface area contributed by atoms with Gasteiger partial charge in [-0.1, -0.05) is 24.3 Å². The molecule has 1 heterocycles. The molecule has 0 bridgehead atoms. The Labute approximate surface area is 81.8 Å². The summed E-state index contributed by atoms with van der Waals surface area (Å²) in [5.41, 5.74) is 1.58. The van der Waals surface area contributed by atoms with Gasteiger partial charge in [-0.15, -0.1) is 0 Å². The molecule has 4 nitrogen and oxygen atoms in total. The monoisotopic (exact) mass is 209 g/mol. The smallest absolute Gasteiger partial charge is 0.250 e. The van der Waals surface area contributed by atoms with E-state index in [2.05, 4.69) is 4.99 Å². The van der Waals surface area contributed by atoms with Gasteiger partial charge in [0, 0.05) is 5.56 Å². The minimum Gasteiger partial charge on any atom is -0.345 e. The van der Waals surface area contributed by atoms with Gasteiger partial charge in [0.25, 0.3) is 5.91 Å². The summed E-state index contributed by atoms with van der Waals surface area (Å²) in [6.45, 7) is 0. The fourth-order valence-electron chi connectivity index (χ4n) is 1.43. The molecule has 0 fully saturated rings. The maximum absolute atomic E-state index is 11.1. The summed E-state index contributed by atoms with van der Waals surface area (Å²) in [5.74, 6) is -0.325. The summed E-state index contributed by atoms with van der Waals surface area (Å²) in [5, 5.41) is 0. The van der Waals surface area contributed by atoms with Gasteiger partial charge >= 0.3 is 0 Å². The lowest BCUT2D eigenvalue weighted by Crippen LogP contribution is -2.15. The van der Waals surface area contributed by atoms with Crippen molar-refractivity contribution >= 4 is 19.7 Å². The van der Waals surface area contributed by atoms with E-state index < -0.39 is 8.38 Å². The third-order valence-corrected chi connectivity index (χ3v) is 2.74. The molecular weight excluding hydrogens is 201 g/mol. The Morgan fingerprint density at radius 3 is 2.71 bits per heavy atom. The molecule has 2 rings (SSSR count). The molecule has 1 aliphatic heterocycles. The van der Waals surface area contributed by atoms with Crippen molar-refractivity contribution < 1.29 is 14.6 Å². The van der Waals surface area contributed by atoms with Gasteiger partial charge in [0.1, 0.15) is 5.45 Å². The van der Waals surface area contributed by atoms with E-state index in [0.29, 0.717) is 5.56 Å². The first-order valence-electron chi connectivity index (χ1n) is 4.06. The molecule has 1 aromatic carbocycles. The molecule has 72 valence electrons. The molecule has 2 N–H and O–H groups in total. The predicted molar refractivity (Wildman–Crippen MR) is 53.0 cm³/mol. The fraction of sp³-hybridized carbons (Fsp3) is 0.111. The Balaban J connectivity index is 2.55. The molecule has 0 radical (unpaired) electrons. The van der Waals surface area contributed by atoms with Gasteiger partial charge in [-0.05, 0) is 5.56 Å². The lowest BCUT2D eigenvalue weighted by Gasteiger charge is -2.15. The number of carbonyl (C=O) groups excluding carboxylic acids is 1. The van der Waals surface area contributed by atoms with Crippen LogP contribution in [0.2, 0.25) is 0 Å². The van der Waals surface area contributed by atoms with E-state index in [1.807, 2.05) is 6.07 Å². The number of nitrogens with zero attached hydrogens (tertiary/aromatic N) is 1. The molecule has 1 aromatic rings. The molecule has 14 heavy (non-hydrogen) atoms. The van der Waals surface area contributed by atoms with E-state index in [0.717, 1.165) is 5.56 Å². The number of fused-ring (bicyclic) bond motifs is 1. The molecule has 1 amide bonds. The van der Waals surface area contributed by atoms with E-state index in [4.69, 9.17) is 9.79 Å². The average Bonchev–Trinajstić information content (AvgIpc) is 2.16. The summed E-state index contributed by atoms with van der Waals surface area (Å²) >= 11 is 0. The molecule has 0 aliphatic carbocycles. The van der Waals surface area contributed by atoms with Crippen LogP contribution in [-0.2, 0) is 11.2 Å². The van der Waals surface area contributed by atoms with Crippen molar-refractivity contribution in [2.45, 2.75) is 6.42 Å². The summed E-state index contributed by atoms with van der Waals surface area (Å²) < 4.78 is 0. The van der Waals surface area contributed by atoms with Crippen LogP contribution >= 0.6 is 8.38 Å². The number of aliphatic imine (C=N–C) groups is 1. The summed E-state index contributed by atoms with van der Waals surface area (Å²) in [6.07, 6.45) is 0.239. The molecule has 0 atom stereocenters. The minimum absolute atomic E-state index is 0.104. The van der Waals surface area contributed by atoms with Crippen molar-refractivity contribution in [1.29, 1.82) is 0 Å². The highest BCUT2D eigenvalue weighted by Gasteiger charge is 2.23. The summed E-state index contributed by atoms with van der Waals surface area (Å²) in [7, 11) is -2.30. The summed E-state index contributed by atoms with van der Waals surface area (Å²) in [6, 6.07) is 7.12. The van der Waals surface area contributed by atoms with Crippen molar-refractivity contribution in [2.75, 3.05) is 0 Å². The maximum Gasteiger partial charge on any atom is 0.250 e. The molecular formula is C9H8NO3P. The van der Waals surface area contributed by atoms with Gasteiger partial charge in [0.15, 0.2) is 0 Å². The van der Waals surface area contributed by atoms with Crippen LogP contribution in [0.1, 0.15) is 11.1 Å². The Bertz CT molecular complexity index is 414. The first kappa shape index (κ1) is 9.46. The highest BCUT2D eigenvalue weighted by Crippen LogP contribution is 2.34. The first-order chi connectivity index (χ1) is 6.68. The Hall–Kier alpha value is -1.09. The van der Waals surface area contributed by atoms with Crippen LogP contribution in [0.4, 0.5) is 0 Å². The molecule has 0 unspecified atom stereocenters. The van der Waals surface area contributed by atoms with Crippen molar-refractivity contribution in [1.82, 2.24) is 0 Å². The average molecular weight is 209 g/mol. The quantitative estimate of drug-likeness (QED) is 0.672. The number of benzene rings is 1. The number of amides is 1. The molecule has 0 spiro atoms. The molecule has 0 saturated heterocycles. The van der Waals surface area contributed by atoms with Crippen LogP contribution in [0.25, 0.3) is 0 Å². The van der Waals surface area contributed by atoms with Gasteiger partial charge in [-0.3, -0.25) is 4.79 Å². The van der Waals surface area contributed by atoms with E-state index in [-0.39, 0.29) is 17.8 Å². The normalized spacial score (nSPS) is 15.4. The highest BCUT2D eigenvalue weighted by atomic mass is 31.2. The van der Waals surface area contributed by atoms with Crippen LogP contribution in [0, 0.1) is 0 Å². The van der Waals surface area contributed by atoms with Gasteiger partial charge in [-0.2, -0.15) is 0 Å².